The molecule has 0 fully saturated rings. The number of aromatic nitrogens is 1. The fourth-order valence-corrected chi connectivity index (χ4v) is 2.64. The molecule has 0 aliphatic heterocycles. The lowest BCUT2D eigenvalue weighted by Gasteiger charge is -2.14. The number of rotatable bonds is 7. The molecule has 1 heterocycles. The number of hydrogen-bond donors (Lipinski definition) is 1. The van der Waals surface area contributed by atoms with Gasteiger partial charge in [-0.3, -0.25) is 14.9 Å². The standard InChI is InChI=1S/C16H20N2O5/c1-3-4-5-6-9-17-13-10-11(18(21)22)7-8-12(13)15(23-2)14(19)16(17)20/h7-8,10,19H,3-6,9H2,1-2H3. The lowest BCUT2D eigenvalue weighted by Crippen LogP contribution is -2.21. The molecule has 23 heavy (non-hydrogen) atoms. The van der Waals surface area contributed by atoms with Gasteiger partial charge in [0.05, 0.1) is 17.5 Å². The Morgan fingerprint density at radius 3 is 2.65 bits per heavy atom. The van der Waals surface area contributed by atoms with E-state index in [-0.39, 0.29) is 11.4 Å². The molecule has 0 spiro atoms. The number of nitro groups is 1. The first-order valence-electron chi connectivity index (χ1n) is 7.59. The van der Waals surface area contributed by atoms with Crippen LogP contribution < -0.4 is 10.3 Å². The number of nitrogens with zero attached hydrogens (tertiary/aromatic N) is 2. The lowest BCUT2D eigenvalue weighted by atomic mass is 10.1. The summed E-state index contributed by atoms with van der Waals surface area (Å²) in [6.45, 7) is 2.48. The van der Waals surface area contributed by atoms with Crippen molar-refractivity contribution in [3.8, 4) is 11.5 Å². The lowest BCUT2D eigenvalue weighted by molar-refractivity contribution is -0.384. The quantitative estimate of drug-likeness (QED) is 0.480. The van der Waals surface area contributed by atoms with E-state index in [2.05, 4.69) is 6.92 Å². The van der Waals surface area contributed by atoms with Gasteiger partial charge < -0.3 is 14.4 Å². The van der Waals surface area contributed by atoms with E-state index < -0.39 is 16.2 Å². The summed E-state index contributed by atoms with van der Waals surface area (Å²) in [6, 6.07) is 4.17. The number of fused-ring (bicyclic) bond motifs is 1. The summed E-state index contributed by atoms with van der Waals surface area (Å²) >= 11 is 0. The number of nitro benzene ring substituents is 1. The summed E-state index contributed by atoms with van der Waals surface area (Å²) in [6.07, 6.45) is 3.83. The van der Waals surface area contributed by atoms with E-state index in [0.717, 1.165) is 25.7 Å². The van der Waals surface area contributed by atoms with E-state index in [1.807, 2.05) is 0 Å². The van der Waals surface area contributed by atoms with E-state index in [9.17, 15) is 20.0 Å². The Morgan fingerprint density at radius 1 is 1.30 bits per heavy atom. The average molecular weight is 320 g/mol. The van der Waals surface area contributed by atoms with E-state index in [0.29, 0.717) is 17.4 Å². The summed E-state index contributed by atoms with van der Waals surface area (Å²) in [5.41, 5.74) is -0.298. The number of unbranched alkanes of at least 4 members (excludes halogenated alkanes) is 3. The van der Waals surface area contributed by atoms with Crippen LogP contribution in [-0.2, 0) is 6.54 Å². The molecule has 124 valence electrons. The first-order chi connectivity index (χ1) is 11.0. The molecule has 0 aliphatic carbocycles. The third-order valence-corrected chi connectivity index (χ3v) is 3.83. The van der Waals surface area contributed by atoms with Gasteiger partial charge in [-0.25, -0.2) is 0 Å². The first-order valence-corrected chi connectivity index (χ1v) is 7.59. The van der Waals surface area contributed by atoms with Gasteiger partial charge in [-0.1, -0.05) is 26.2 Å². The van der Waals surface area contributed by atoms with Crippen LogP contribution >= 0.6 is 0 Å². The van der Waals surface area contributed by atoms with Crippen LogP contribution in [0, 0.1) is 10.1 Å². The summed E-state index contributed by atoms with van der Waals surface area (Å²) in [5, 5.41) is 21.5. The second-order valence-electron chi connectivity index (χ2n) is 5.36. The van der Waals surface area contributed by atoms with Crippen LogP contribution in [0.2, 0.25) is 0 Å². The zero-order valence-electron chi connectivity index (χ0n) is 13.2. The molecular formula is C16H20N2O5. The predicted octanol–water partition coefficient (Wildman–Crippen LogP) is 3.20. The fraction of sp³-hybridized carbons (Fsp3) is 0.438. The Hall–Kier alpha value is -2.57. The van der Waals surface area contributed by atoms with Crippen LogP contribution in [-0.4, -0.2) is 21.7 Å². The van der Waals surface area contributed by atoms with Crippen molar-refractivity contribution in [1.29, 1.82) is 0 Å². The van der Waals surface area contributed by atoms with Gasteiger partial charge in [-0.15, -0.1) is 0 Å². The third kappa shape index (κ3) is 3.28. The summed E-state index contributed by atoms with van der Waals surface area (Å²) < 4.78 is 6.49. The molecule has 1 aromatic heterocycles. The number of ether oxygens (including phenoxy) is 1. The Balaban J connectivity index is 2.62. The predicted molar refractivity (Wildman–Crippen MR) is 87.2 cm³/mol. The molecular weight excluding hydrogens is 300 g/mol. The molecule has 0 aliphatic rings. The molecule has 0 saturated heterocycles. The van der Waals surface area contributed by atoms with Gasteiger partial charge in [0.2, 0.25) is 5.75 Å². The summed E-state index contributed by atoms with van der Waals surface area (Å²) in [4.78, 5) is 22.9. The molecule has 0 saturated carbocycles. The van der Waals surface area contributed by atoms with E-state index in [1.165, 1.54) is 29.9 Å². The van der Waals surface area contributed by atoms with Crippen molar-refractivity contribution in [1.82, 2.24) is 4.57 Å². The minimum atomic E-state index is -0.591. The van der Waals surface area contributed by atoms with Crippen LogP contribution in [0.1, 0.15) is 32.6 Å². The molecule has 1 N–H and O–H groups in total. The number of aromatic hydroxyl groups is 1. The molecule has 1 aromatic carbocycles. The zero-order valence-corrected chi connectivity index (χ0v) is 13.2. The molecule has 7 heteroatoms. The number of pyridine rings is 1. The Labute approximate surface area is 133 Å². The smallest absolute Gasteiger partial charge is 0.297 e. The summed E-state index contributed by atoms with van der Waals surface area (Å²) in [7, 11) is 1.35. The van der Waals surface area contributed by atoms with Crippen molar-refractivity contribution in [3.05, 3.63) is 38.7 Å². The fourth-order valence-electron chi connectivity index (χ4n) is 2.64. The van der Waals surface area contributed by atoms with Gasteiger partial charge in [-0.05, 0) is 12.5 Å². The maximum atomic E-state index is 12.4. The molecule has 7 nitrogen and oxygen atoms in total. The van der Waals surface area contributed by atoms with Crippen molar-refractivity contribution in [2.45, 2.75) is 39.2 Å². The largest absolute Gasteiger partial charge is 0.500 e. The normalized spacial score (nSPS) is 10.9. The van der Waals surface area contributed by atoms with Crippen LogP contribution in [0.5, 0.6) is 11.5 Å². The molecule has 0 radical (unpaired) electrons. The SMILES string of the molecule is CCCCCCn1c(=O)c(O)c(OC)c2ccc([N+](=O)[O-])cc21. The molecule has 0 atom stereocenters. The van der Waals surface area contributed by atoms with Gasteiger partial charge in [0.1, 0.15) is 0 Å². The minimum absolute atomic E-state index is 0.0460. The van der Waals surface area contributed by atoms with Gasteiger partial charge in [0.25, 0.3) is 11.2 Å². The number of hydrogen-bond acceptors (Lipinski definition) is 5. The first kappa shape index (κ1) is 16.8. The minimum Gasteiger partial charge on any atom is -0.500 e. The number of methoxy groups -OCH3 is 1. The molecule has 2 aromatic rings. The highest BCUT2D eigenvalue weighted by Gasteiger charge is 2.19. The highest BCUT2D eigenvalue weighted by Crippen LogP contribution is 2.33. The average Bonchev–Trinajstić information content (AvgIpc) is 2.54. The van der Waals surface area contributed by atoms with Crippen LogP contribution in [0.15, 0.2) is 23.0 Å². The topological polar surface area (TPSA) is 94.6 Å². The zero-order chi connectivity index (χ0) is 17.0. The molecule has 0 unspecified atom stereocenters. The number of aryl methyl sites for hydroxylation is 1. The van der Waals surface area contributed by atoms with Crippen molar-refractivity contribution in [2.75, 3.05) is 7.11 Å². The van der Waals surface area contributed by atoms with Gasteiger partial charge in [0.15, 0.2) is 5.75 Å². The molecule has 2 rings (SSSR count). The summed E-state index contributed by atoms with van der Waals surface area (Å²) in [5.74, 6) is -0.422. The highest BCUT2D eigenvalue weighted by molar-refractivity contribution is 5.89. The second kappa shape index (κ2) is 7.13. The highest BCUT2D eigenvalue weighted by atomic mass is 16.6. The maximum absolute atomic E-state index is 12.4. The van der Waals surface area contributed by atoms with Crippen LogP contribution in [0.25, 0.3) is 10.9 Å². The Morgan fingerprint density at radius 2 is 2.04 bits per heavy atom. The van der Waals surface area contributed by atoms with Crippen molar-refractivity contribution in [2.24, 2.45) is 0 Å². The second-order valence-corrected chi connectivity index (χ2v) is 5.36. The van der Waals surface area contributed by atoms with Crippen molar-refractivity contribution < 1.29 is 14.8 Å². The maximum Gasteiger partial charge on any atom is 0.297 e. The Bertz CT molecular complexity index is 782. The third-order valence-electron chi connectivity index (χ3n) is 3.83. The van der Waals surface area contributed by atoms with Crippen LogP contribution in [0.3, 0.4) is 0 Å². The van der Waals surface area contributed by atoms with Crippen molar-refractivity contribution >= 4 is 16.6 Å². The van der Waals surface area contributed by atoms with Crippen molar-refractivity contribution in [3.63, 3.8) is 0 Å². The van der Waals surface area contributed by atoms with E-state index >= 15 is 0 Å². The molecule has 0 bridgehead atoms. The monoisotopic (exact) mass is 320 g/mol. The van der Waals surface area contributed by atoms with E-state index in [4.69, 9.17) is 4.74 Å². The number of non-ortho nitro benzene ring substituents is 1. The van der Waals surface area contributed by atoms with E-state index in [1.54, 1.807) is 0 Å². The number of benzene rings is 1. The Kier molecular flexibility index (Phi) is 5.20. The molecule has 0 amide bonds. The van der Waals surface area contributed by atoms with Crippen LogP contribution in [0.4, 0.5) is 5.69 Å². The van der Waals surface area contributed by atoms with Gasteiger partial charge >= 0.3 is 0 Å². The van der Waals surface area contributed by atoms with Gasteiger partial charge in [-0.2, -0.15) is 0 Å². The van der Waals surface area contributed by atoms with Gasteiger partial charge in [0, 0.05) is 24.1 Å².